The first-order valence-electron chi connectivity index (χ1n) is 12.1. The predicted octanol–water partition coefficient (Wildman–Crippen LogP) is 4.00. The molecule has 0 radical (unpaired) electrons. The minimum absolute atomic E-state index is 0.0241. The van der Waals surface area contributed by atoms with E-state index in [0.29, 0.717) is 25.3 Å². The Morgan fingerprint density at radius 2 is 1.54 bits per heavy atom. The molecule has 0 saturated carbocycles. The van der Waals surface area contributed by atoms with Gasteiger partial charge in [0.1, 0.15) is 11.8 Å². The van der Waals surface area contributed by atoms with Gasteiger partial charge in [-0.15, -0.1) is 0 Å². The molecule has 0 bridgehead atoms. The van der Waals surface area contributed by atoms with Crippen LogP contribution in [0, 0.1) is 0 Å². The van der Waals surface area contributed by atoms with E-state index in [0.717, 1.165) is 30.6 Å². The molecule has 1 aliphatic rings. The number of carbonyl (C=O) groups excluding carboxylic acids is 2. The molecule has 35 heavy (non-hydrogen) atoms. The second-order valence-corrected chi connectivity index (χ2v) is 8.69. The number of benzene rings is 3. The summed E-state index contributed by atoms with van der Waals surface area (Å²) in [6.07, 6.45) is 2.36. The maximum Gasteiger partial charge on any atom is 0.261 e. The Kier molecular flexibility index (Phi) is 8.90. The van der Waals surface area contributed by atoms with Crippen molar-refractivity contribution in [3.05, 3.63) is 102 Å². The molecule has 3 aromatic carbocycles. The van der Waals surface area contributed by atoms with Crippen molar-refractivity contribution in [3.8, 4) is 5.75 Å². The molecule has 182 valence electrons. The summed E-state index contributed by atoms with van der Waals surface area (Å²) in [5.41, 5.74) is 1.94. The van der Waals surface area contributed by atoms with Crippen LogP contribution in [0.15, 0.2) is 91.0 Å². The minimum atomic E-state index is -0.689. The van der Waals surface area contributed by atoms with Crippen LogP contribution in [0.1, 0.15) is 24.0 Å². The smallest absolute Gasteiger partial charge is 0.261 e. The van der Waals surface area contributed by atoms with E-state index in [2.05, 4.69) is 5.32 Å². The third-order valence-corrected chi connectivity index (χ3v) is 6.10. The molecule has 2 atom stereocenters. The highest BCUT2D eigenvalue weighted by molar-refractivity contribution is 5.88. The van der Waals surface area contributed by atoms with Crippen LogP contribution in [-0.4, -0.2) is 48.6 Å². The first-order valence-corrected chi connectivity index (χ1v) is 12.1. The van der Waals surface area contributed by atoms with Crippen LogP contribution in [0.5, 0.6) is 5.75 Å². The van der Waals surface area contributed by atoms with Crippen molar-refractivity contribution in [2.75, 3.05) is 19.8 Å². The van der Waals surface area contributed by atoms with Crippen molar-refractivity contribution < 1.29 is 19.1 Å². The van der Waals surface area contributed by atoms with Gasteiger partial charge < -0.3 is 19.7 Å². The third-order valence-electron chi connectivity index (χ3n) is 6.10. The monoisotopic (exact) mass is 472 g/mol. The molecule has 1 fully saturated rings. The van der Waals surface area contributed by atoms with E-state index in [1.54, 1.807) is 4.90 Å². The Bertz CT molecular complexity index is 1050. The van der Waals surface area contributed by atoms with Gasteiger partial charge in [0.2, 0.25) is 5.91 Å². The van der Waals surface area contributed by atoms with Gasteiger partial charge in [-0.3, -0.25) is 9.59 Å². The van der Waals surface area contributed by atoms with Gasteiger partial charge in [-0.1, -0.05) is 78.9 Å². The highest BCUT2D eigenvalue weighted by Gasteiger charge is 2.31. The average Bonchev–Trinajstić information content (AvgIpc) is 3.43. The summed E-state index contributed by atoms with van der Waals surface area (Å²) in [5.74, 6) is 0.183. The van der Waals surface area contributed by atoms with E-state index in [9.17, 15) is 9.59 Å². The number of amides is 2. The van der Waals surface area contributed by atoms with E-state index in [1.807, 2.05) is 91.0 Å². The molecule has 2 amide bonds. The van der Waals surface area contributed by atoms with Crippen molar-refractivity contribution in [1.29, 1.82) is 0 Å². The number of hydrogen-bond acceptors (Lipinski definition) is 4. The molecule has 1 aliphatic heterocycles. The number of rotatable bonds is 11. The zero-order valence-corrected chi connectivity index (χ0v) is 19.8. The lowest BCUT2D eigenvalue weighted by Crippen LogP contribution is -2.52. The van der Waals surface area contributed by atoms with E-state index in [1.165, 1.54) is 0 Å². The summed E-state index contributed by atoms with van der Waals surface area (Å²) in [4.78, 5) is 28.7. The molecule has 3 aromatic rings. The van der Waals surface area contributed by atoms with Crippen molar-refractivity contribution in [2.24, 2.45) is 0 Å². The average molecular weight is 473 g/mol. The summed E-state index contributed by atoms with van der Waals surface area (Å²) in [6, 6.07) is 28.0. The highest BCUT2D eigenvalue weighted by atomic mass is 16.5. The second kappa shape index (κ2) is 12.7. The van der Waals surface area contributed by atoms with E-state index in [-0.39, 0.29) is 24.5 Å². The normalized spacial score (nSPS) is 15.8. The highest BCUT2D eigenvalue weighted by Crippen LogP contribution is 2.17. The van der Waals surface area contributed by atoms with Crippen LogP contribution < -0.4 is 10.1 Å². The molecule has 6 nitrogen and oxygen atoms in total. The largest absolute Gasteiger partial charge is 0.484 e. The minimum Gasteiger partial charge on any atom is -0.484 e. The van der Waals surface area contributed by atoms with E-state index < -0.39 is 6.04 Å². The molecular formula is C29H32N2O4. The van der Waals surface area contributed by atoms with Crippen molar-refractivity contribution in [1.82, 2.24) is 10.2 Å². The fraction of sp³-hybridized carbons (Fsp3) is 0.310. The number of ether oxygens (including phenoxy) is 2. The van der Waals surface area contributed by atoms with Crippen LogP contribution >= 0.6 is 0 Å². The number of hydrogen-bond donors (Lipinski definition) is 1. The van der Waals surface area contributed by atoms with Gasteiger partial charge in [-0.25, -0.2) is 0 Å². The lowest BCUT2D eigenvalue weighted by Gasteiger charge is -2.31. The number of carbonyl (C=O) groups is 2. The fourth-order valence-corrected chi connectivity index (χ4v) is 4.22. The van der Waals surface area contributed by atoms with E-state index in [4.69, 9.17) is 9.47 Å². The standard InChI is InChI=1S/C29H32N2O4/c32-28(22-35-25-15-8-3-9-16-25)31(21-24-13-6-2-7-14-24)27(19-23-11-4-1-5-12-23)29(33)30-20-26-17-10-18-34-26/h1-9,11-16,26-27H,10,17-22H2,(H,30,33)/t26-,27+/m1/s1. The van der Waals surface area contributed by atoms with Crippen molar-refractivity contribution in [3.63, 3.8) is 0 Å². The van der Waals surface area contributed by atoms with Gasteiger partial charge in [0.15, 0.2) is 6.61 Å². The summed E-state index contributed by atoms with van der Waals surface area (Å²) in [5, 5.41) is 3.04. The zero-order chi connectivity index (χ0) is 24.3. The molecule has 0 aliphatic carbocycles. The molecule has 4 rings (SSSR count). The van der Waals surface area contributed by atoms with Gasteiger partial charge in [-0.2, -0.15) is 0 Å². The van der Waals surface area contributed by atoms with Crippen molar-refractivity contribution in [2.45, 2.75) is 38.0 Å². The molecule has 0 spiro atoms. The van der Waals surface area contributed by atoms with E-state index >= 15 is 0 Å². The van der Waals surface area contributed by atoms with Crippen LogP contribution in [-0.2, 0) is 27.3 Å². The molecule has 1 N–H and O–H groups in total. The van der Waals surface area contributed by atoms with Crippen molar-refractivity contribution >= 4 is 11.8 Å². The lowest BCUT2D eigenvalue weighted by molar-refractivity contribution is -0.143. The summed E-state index contributed by atoms with van der Waals surface area (Å²) in [7, 11) is 0. The Hall–Kier alpha value is -3.64. The predicted molar refractivity (Wildman–Crippen MR) is 135 cm³/mol. The number of para-hydroxylation sites is 1. The SMILES string of the molecule is O=C(NC[C@H]1CCCO1)[C@H](Cc1ccccc1)N(Cc1ccccc1)C(=O)COc1ccccc1. The van der Waals surface area contributed by atoms with Gasteiger partial charge in [0.05, 0.1) is 6.10 Å². The summed E-state index contributed by atoms with van der Waals surface area (Å²) >= 11 is 0. The molecular weight excluding hydrogens is 440 g/mol. The quantitative estimate of drug-likeness (QED) is 0.458. The van der Waals surface area contributed by atoms with Gasteiger partial charge in [-0.05, 0) is 36.1 Å². The van der Waals surface area contributed by atoms with Gasteiger partial charge in [0, 0.05) is 26.1 Å². The maximum absolute atomic E-state index is 13.5. The maximum atomic E-state index is 13.5. The molecule has 0 unspecified atom stereocenters. The Labute approximate surface area is 206 Å². The first kappa shape index (κ1) is 24.5. The molecule has 0 aromatic heterocycles. The molecule has 1 saturated heterocycles. The van der Waals surface area contributed by atoms with Gasteiger partial charge >= 0.3 is 0 Å². The summed E-state index contributed by atoms with van der Waals surface area (Å²) in [6.45, 7) is 1.32. The first-order chi connectivity index (χ1) is 17.2. The van der Waals surface area contributed by atoms with Crippen LogP contribution in [0.3, 0.4) is 0 Å². The zero-order valence-electron chi connectivity index (χ0n) is 19.8. The van der Waals surface area contributed by atoms with Crippen LogP contribution in [0.4, 0.5) is 0 Å². The Balaban J connectivity index is 1.56. The second-order valence-electron chi connectivity index (χ2n) is 8.69. The van der Waals surface area contributed by atoms with Crippen LogP contribution in [0.2, 0.25) is 0 Å². The Morgan fingerprint density at radius 1 is 0.914 bits per heavy atom. The third kappa shape index (κ3) is 7.42. The topological polar surface area (TPSA) is 67.9 Å². The molecule has 6 heteroatoms. The van der Waals surface area contributed by atoms with Crippen LogP contribution in [0.25, 0.3) is 0 Å². The lowest BCUT2D eigenvalue weighted by atomic mass is 10.0. The number of nitrogens with zero attached hydrogens (tertiary/aromatic N) is 1. The van der Waals surface area contributed by atoms with Gasteiger partial charge in [0.25, 0.3) is 5.91 Å². The Morgan fingerprint density at radius 3 is 2.17 bits per heavy atom. The number of nitrogens with one attached hydrogen (secondary N) is 1. The molecule has 1 heterocycles. The fourth-order valence-electron chi connectivity index (χ4n) is 4.22. The summed E-state index contributed by atoms with van der Waals surface area (Å²) < 4.78 is 11.4.